The van der Waals surface area contributed by atoms with Gasteiger partial charge >= 0.3 is 6.08 Å². The number of halogens is 1. The molecule has 0 spiro atoms. The number of thiophene rings is 1. The summed E-state index contributed by atoms with van der Waals surface area (Å²) in [5.41, 5.74) is 0.536. The van der Waals surface area contributed by atoms with Crippen molar-refractivity contribution in [3.8, 4) is 5.75 Å². The van der Waals surface area contributed by atoms with E-state index in [1.807, 2.05) is 6.07 Å². The quantitative estimate of drug-likeness (QED) is 0.614. The molecule has 0 unspecified atom stereocenters. The van der Waals surface area contributed by atoms with Crippen LogP contribution in [0.1, 0.15) is 12.5 Å². The van der Waals surface area contributed by atoms with Crippen LogP contribution in [-0.4, -0.2) is 21.1 Å². The van der Waals surface area contributed by atoms with Crippen LogP contribution < -0.4 is 4.74 Å². The summed E-state index contributed by atoms with van der Waals surface area (Å²) in [6, 6.07) is 8.67. The van der Waals surface area contributed by atoms with Crippen molar-refractivity contribution < 1.29 is 17.9 Å². The Bertz CT molecular complexity index is 750. The lowest BCUT2D eigenvalue weighted by atomic mass is 10.3. The number of sulfonamides is 1. The second-order valence-corrected chi connectivity index (χ2v) is 7.22. The van der Waals surface area contributed by atoms with E-state index in [1.54, 1.807) is 43.5 Å². The van der Waals surface area contributed by atoms with Crippen molar-refractivity contribution in [1.29, 1.82) is 0 Å². The first-order valence-corrected chi connectivity index (χ1v) is 9.08. The molecular weight excluding hydrogens is 346 g/mol. The third kappa shape index (κ3) is 4.00. The molecule has 118 valence electrons. The third-order valence-electron chi connectivity index (χ3n) is 2.54. The SMILES string of the molecule is CCOC(=NS(=O)(=O)c1c(C)csc1Cl)Oc1ccccc1. The van der Waals surface area contributed by atoms with Gasteiger partial charge in [-0.1, -0.05) is 34.2 Å². The second kappa shape index (κ2) is 7.13. The Labute approximate surface area is 138 Å². The van der Waals surface area contributed by atoms with Crippen molar-refractivity contribution in [2.75, 3.05) is 6.61 Å². The fourth-order valence-corrected chi connectivity index (χ4v) is 4.46. The Morgan fingerprint density at radius 2 is 2.00 bits per heavy atom. The fourth-order valence-electron chi connectivity index (χ4n) is 1.64. The first kappa shape index (κ1) is 16.8. The first-order chi connectivity index (χ1) is 10.4. The van der Waals surface area contributed by atoms with Gasteiger partial charge in [-0.2, -0.15) is 8.42 Å². The molecule has 5 nitrogen and oxygen atoms in total. The Hall–Kier alpha value is -1.57. The molecule has 0 aliphatic heterocycles. The van der Waals surface area contributed by atoms with Crippen molar-refractivity contribution in [2.24, 2.45) is 4.40 Å². The average Bonchev–Trinajstić information content (AvgIpc) is 2.79. The van der Waals surface area contributed by atoms with Crippen LogP contribution in [0.5, 0.6) is 5.75 Å². The predicted octanol–water partition coefficient (Wildman–Crippen LogP) is 3.87. The number of benzene rings is 1. The topological polar surface area (TPSA) is 65.0 Å². The van der Waals surface area contributed by atoms with Crippen LogP contribution in [0.15, 0.2) is 45.0 Å². The summed E-state index contributed by atoms with van der Waals surface area (Å²) in [4.78, 5) is -0.0203. The van der Waals surface area contributed by atoms with Crippen LogP contribution in [0.2, 0.25) is 4.34 Å². The number of nitrogens with zero attached hydrogens (tertiary/aromatic N) is 1. The Kier molecular flexibility index (Phi) is 5.44. The smallest absolute Gasteiger partial charge is 0.405 e. The van der Waals surface area contributed by atoms with E-state index in [0.29, 0.717) is 11.3 Å². The highest BCUT2D eigenvalue weighted by Gasteiger charge is 2.24. The van der Waals surface area contributed by atoms with Crippen molar-refractivity contribution in [2.45, 2.75) is 18.7 Å². The molecule has 0 radical (unpaired) electrons. The molecule has 2 aromatic rings. The maximum absolute atomic E-state index is 12.4. The Morgan fingerprint density at radius 3 is 2.55 bits per heavy atom. The van der Waals surface area contributed by atoms with Gasteiger partial charge in [0.05, 0.1) is 6.61 Å². The van der Waals surface area contributed by atoms with E-state index in [4.69, 9.17) is 21.1 Å². The molecule has 2 rings (SSSR count). The zero-order valence-electron chi connectivity index (χ0n) is 11.9. The monoisotopic (exact) mass is 359 g/mol. The highest BCUT2D eigenvalue weighted by Crippen LogP contribution is 2.32. The van der Waals surface area contributed by atoms with Gasteiger partial charge in [0.25, 0.3) is 10.0 Å². The Balaban J connectivity index is 2.37. The summed E-state index contributed by atoms with van der Waals surface area (Å²) in [7, 11) is -4.00. The highest BCUT2D eigenvalue weighted by molar-refractivity contribution is 7.90. The van der Waals surface area contributed by atoms with Gasteiger partial charge in [-0.05, 0) is 36.9 Å². The molecule has 1 aromatic carbocycles. The molecule has 1 heterocycles. The van der Waals surface area contributed by atoms with Gasteiger partial charge in [-0.25, -0.2) is 0 Å². The fraction of sp³-hybridized carbons (Fsp3) is 0.214. The second-order valence-electron chi connectivity index (χ2n) is 4.20. The van der Waals surface area contributed by atoms with Crippen LogP contribution in [0, 0.1) is 6.92 Å². The zero-order chi connectivity index (χ0) is 16.2. The molecule has 0 fully saturated rings. The molecule has 0 bridgehead atoms. The molecule has 0 amide bonds. The van der Waals surface area contributed by atoms with Gasteiger partial charge in [0.2, 0.25) is 0 Å². The molecule has 0 atom stereocenters. The molecule has 22 heavy (non-hydrogen) atoms. The Morgan fingerprint density at radius 1 is 1.32 bits per heavy atom. The number of rotatable bonds is 4. The summed E-state index contributed by atoms with van der Waals surface area (Å²) in [6.45, 7) is 3.58. The van der Waals surface area contributed by atoms with Crippen LogP contribution in [0.25, 0.3) is 0 Å². The normalized spacial score (nSPS) is 12.2. The summed E-state index contributed by atoms with van der Waals surface area (Å²) in [5, 5.41) is 1.66. The van der Waals surface area contributed by atoms with Crippen LogP contribution in [0.4, 0.5) is 0 Å². The van der Waals surface area contributed by atoms with Crippen molar-refractivity contribution in [3.05, 3.63) is 45.6 Å². The average molecular weight is 360 g/mol. The minimum absolute atomic E-state index is 0.0203. The summed E-state index contributed by atoms with van der Waals surface area (Å²) < 4.78 is 39.1. The van der Waals surface area contributed by atoms with E-state index in [9.17, 15) is 8.42 Å². The molecule has 0 aliphatic rings. The molecule has 0 aliphatic carbocycles. The van der Waals surface area contributed by atoms with E-state index in [0.717, 1.165) is 11.3 Å². The lowest BCUT2D eigenvalue weighted by Gasteiger charge is -2.08. The highest BCUT2D eigenvalue weighted by atomic mass is 35.5. The lowest BCUT2D eigenvalue weighted by Crippen LogP contribution is -2.16. The van der Waals surface area contributed by atoms with Gasteiger partial charge in [0.15, 0.2) is 0 Å². The molecule has 0 N–H and O–H groups in total. The maximum Gasteiger partial charge on any atom is 0.405 e. The lowest BCUT2D eigenvalue weighted by molar-refractivity contribution is 0.252. The number of hydrogen-bond donors (Lipinski definition) is 0. The summed E-state index contributed by atoms with van der Waals surface area (Å²) >= 11 is 7.08. The third-order valence-corrected chi connectivity index (χ3v) is 5.56. The van der Waals surface area contributed by atoms with Gasteiger partial charge in [-0.3, -0.25) is 0 Å². The van der Waals surface area contributed by atoms with E-state index in [1.165, 1.54) is 0 Å². The molecule has 0 saturated carbocycles. The number of para-hydroxylation sites is 1. The largest absolute Gasteiger partial charge is 0.450 e. The summed E-state index contributed by atoms with van der Waals surface area (Å²) in [6.07, 6.45) is -0.338. The zero-order valence-corrected chi connectivity index (χ0v) is 14.3. The van der Waals surface area contributed by atoms with Crippen molar-refractivity contribution in [1.82, 2.24) is 0 Å². The van der Waals surface area contributed by atoms with E-state index in [-0.39, 0.29) is 21.9 Å². The molecular formula is C14H14ClNO4S2. The molecule has 0 saturated heterocycles. The van der Waals surface area contributed by atoms with Gasteiger partial charge < -0.3 is 9.47 Å². The maximum atomic E-state index is 12.4. The number of hydrogen-bond acceptors (Lipinski definition) is 5. The number of aryl methyl sites for hydroxylation is 1. The van der Waals surface area contributed by atoms with Crippen molar-refractivity contribution in [3.63, 3.8) is 0 Å². The van der Waals surface area contributed by atoms with Gasteiger partial charge in [0.1, 0.15) is 15.0 Å². The number of ether oxygens (including phenoxy) is 2. The molecule has 8 heteroatoms. The van der Waals surface area contributed by atoms with Crippen LogP contribution in [-0.2, 0) is 14.8 Å². The standard InChI is InChI=1S/C14H14ClNO4S2/c1-3-19-14(20-11-7-5-4-6-8-11)16-22(17,18)12-10(2)9-21-13(12)15/h4-9H,3H2,1-2H3. The van der Waals surface area contributed by atoms with E-state index in [2.05, 4.69) is 4.40 Å². The van der Waals surface area contributed by atoms with E-state index >= 15 is 0 Å². The van der Waals surface area contributed by atoms with Crippen LogP contribution in [0.3, 0.4) is 0 Å². The first-order valence-electron chi connectivity index (χ1n) is 6.38. The van der Waals surface area contributed by atoms with E-state index < -0.39 is 10.0 Å². The van der Waals surface area contributed by atoms with Crippen LogP contribution >= 0.6 is 22.9 Å². The minimum Gasteiger partial charge on any atom is -0.450 e. The van der Waals surface area contributed by atoms with Crippen molar-refractivity contribution >= 4 is 39.0 Å². The molecule has 1 aromatic heterocycles. The van der Waals surface area contributed by atoms with Gasteiger partial charge in [0, 0.05) is 0 Å². The minimum atomic E-state index is -4.00. The van der Waals surface area contributed by atoms with Gasteiger partial charge in [-0.15, -0.1) is 11.3 Å². The predicted molar refractivity (Wildman–Crippen MR) is 87.4 cm³/mol. The summed E-state index contributed by atoms with van der Waals surface area (Å²) in [5.74, 6) is 0.429.